The molecule has 1 atom stereocenters. The second-order valence-corrected chi connectivity index (χ2v) is 8.07. The van der Waals surface area contributed by atoms with E-state index < -0.39 is 0 Å². The molecule has 0 heterocycles. The first-order valence-corrected chi connectivity index (χ1v) is 8.47. The highest BCUT2D eigenvalue weighted by Crippen LogP contribution is 2.61. The first-order chi connectivity index (χ1) is 10.0. The summed E-state index contributed by atoms with van der Waals surface area (Å²) in [6.07, 6.45) is 8.32. The molecule has 0 spiro atoms. The van der Waals surface area contributed by atoms with Crippen LogP contribution in [0.2, 0.25) is 0 Å². The van der Waals surface area contributed by atoms with Crippen molar-refractivity contribution in [2.24, 2.45) is 23.2 Å². The Morgan fingerprint density at radius 2 is 1.71 bits per heavy atom. The molecule has 1 aromatic rings. The quantitative estimate of drug-likeness (QED) is 0.881. The minimum absolute atomic E-state index is 0.162. The Labute approximate surface area is 126 Å². The van der Waals surface area contributed by atoms with E-state index in [1.165, 1.54) is 44.6 Å². The molecular formula is C19H25FO. The number of hydrogen-bond acceptors (Lipinski definition) is 1. The van der Waals surface area contributed by atoms with Gasteiger partial charge >= 0.3 is 0 Å². The third kappa shape index (κ3) is 2.32. The molecule has 4 aliphatic carbocycles. The van der Waals surface area contributed by atoms with Crippen molar-refractivity contribution in [3.63, 3.8) is 0 Å². The van der Waals surface area contributed by atoms with Crippen LogP contribution in [0.5, 0.6) is 0 Å². The minimum Gasteiger partial charge on any atom is -0.392 e. The van der Waals surface area contributed by atoms with Gasteiger partial charge in [-0.25, -0.2) is 4.39 Å². The lowest BCUT2D eigenvalue weighted by molar-refractivity contribution is -0.119. The van der Waals surface area contributed by atoms with Crippen molar-refractivity contribution in [3.05, 3.63) is 35.1 Å². The summed E-state index contributed by atoms with van der Waals surface area (Å²) < 4.78 is 13.2. The van der Waals surface area contributed by atoms with Crippen LogP contribution < -0.4 is 0 Å². The van der Waals surface area contributed by atoms with Crippen LogP contribution in [0.15, 0.2) is 18.2 Å². The number of benzene rings is 1. The van der Waals surface area contributed by atoms with Gasteiger partial charge in [-0.15, -0.1) is 0 Å². The molecule has 0 aromatic heterocycles. The summed E-state index contributed by atoms with van der Waals surface area (Å²) in [7, 11) is 0. The first-order valence-electron chi connectivity index (χ1n) is 8.47. The summed E-state index contributed by atoms with van der Waals surface area (Å²) in [5, 5.41) is 11.0. The van der Waals surface area contributed by atoms with Crippen LogP contribution in [0.1, 0.15) is 49.7 Å². The van der Waals surface area contributed by atoms with Crippen LogP contribution in [0.4, 0.5) is 4.39 Å². The van der Waals surface area contributed by atoms with Gasteiger partial charge < -0.3 is 5.11 Å². The van der Waals surface area contributed by atoms with E-state index in [1.807, 2.05) is 13.0 Å². The molecule has 0 amide bonds. The third-order valence-electron chi connectivity index (χ3n) is 6.51. The highest BCUT2D eigenvalue weighted by atomic mass is 19.1. The second kappa shape index (κ2) is 4.81. The smallest absolute Gasteiger partial charge is 0.123 e. The van der Waals surface area contributed by atoms with Gasteiger partial charge in [0.25, 0.3) is 0 Å². The normalized spacial score (nSPS) is 38.7. The fourth-order valence-corrected chi connectivity index (χ4v) is 5.90. The summed E-state index contributed by atoms with van der Waals surface area (Å²) >= 11 is 0. The molecule has 114 valence electrons. The SMILES string of the molecule is Cc1cc(F)ccc1CC(O)C12CC3CC(CC(C3)C1)C2. The lowest BCUT2D eigenvalue weighted by Gasteiger charge is -2.58. The molecule has 0 saturated heterocycles. The minimum atomic E-state index is -0.255. The molecule has 0 radical (unpaired) electrons. The number of aliphatic hydroxyl groups excluding tert-OH is 1. The van der Waals surface area contributed by atoms with Crippen LogP contribution in [0, 0.1) is 35.9 Å². The Balaban J connectivity index is 1.56. The molecular weight excluding hydrogens is 263 g/mol. The maximum absolute atomic E-state index is 13.2. The van der Waals surface area contributed by atoms with Crippen LogP contribution in [-0.4, -0.2) is 11.2 Å². The lowest BCUT2D eigenvalue weighted by atomic mass is 9.48. The lowest BCUT2D eigenvalue weighted by Crippen LogP contribution is -2.52. The molecule has 2 heteroatoms. The number of aliphatic hydroxyl groups is 1. The standard InChI is InChI=1S/C19H25FO/c1-12-4-17(20)3-2-16(12)8-18(21)19-9-13-5-14(10-19)7-15(6-13)11-19/h2-4,13-15,18,21H,5-11H2,1H3. The van der Waals surface area contributed by atoms with Crippen molar-refractivity contribution >= 4 is 0 Å². The molecule has 0 aliphatic heterocycles. The number of hydrogen-bond donors (Lipinski definition) is 1. The van der Waals surface area contributed by atoms with Crippen molar-refractivity contribution < 1.29 is 9.50 Å². The highest BCUT2D eigenvalue weighted by molar-refractivity contribution is 5.27. The Morgan fingerprint density at radius 3 is 2.24 bits per heavy atom. The first kappa shape index (κ1) is 13.8. The van der Waals surface area contributed by atoms with Gasteiger partial charge in [0.15, 0.2) is 0 Å². The highest BCUT2D eigenvalue weighted by Gasteiger charge is 2.53. The van der Waals surface area contributed by atoms with E-state index in [4.69, 9.17) is 0 Å². The van der Waals surface area contributed by atoms with Crippen molar-refractivity contribution in [2.75, 3.05) is 0 Å². The molecule has 5 rings (SSSR count). The van der Waals surface area contributed by atoms with Crippen LogP contribution in [0.25, 0.3) is 0 Å². The second-order valence-electron chi connectivity index (χ2n) is 8.07. The summed E-state index contributed by atoms with van der Waals surface area (Å²) in [5.74, 6) is 2.40. The fraction of sp³-hybridized carbons (Fsp3) is 0.684. The molecule has 1 aromatic carbocycles. The zero-order valence-corrected chi connectivity index (χ0v) is 12.8. The van der Waals surface area contributed by atoms with E-state index in [0.717, 1.165) is 28.9 Å². The summed E-state index contributed by atoms with van der Waals surface area (Å²) in [4.78, 5) is 0. The molecule has 4 saturated carbocycles. The Bertz CT molecular complexity index is 515. The Morgan fingerprint density at radius 1 is 1.14 bits per heavy atom. The number of aryl methyl sites for hydroxylation is 1. The van der Waals surface area contributed by atoms with Gasteiger partial charge in [0.1, 0.15) is 5.82 Å². The Kier molecular flexibility index (Phi) is 3.15. The monoisotopic (exact) mass is 288 g/mol. The molecule has 4 aliphatic rings. The van der Waals surface area contributed by atoms with Gasteiger partial charge in [0, 0.05) is 0 Å². The third-order valence-corrected chi connectivity index (χ3v) is 6.51. The van der Waals surface area contributed by atoms with E-state index in [-0.39, 0.29) is 17.3 Å². The van der Waals surface area contributed by atoms with Gasteiger partial charge in [-0.3, -0.25) is 0 Å². The predicted octanol–water partition coefficient (Wildman–Crippen LogP) is 4.25. The maximum Gasteiger partial charge on any atom is 0.123 e. The van der Waals surface area contributed by atoms with E-state index in [2.05, 4.69) is 0 Å². The van der Waals surface area contributed by atoms with E-state index in [1.54, 1.807) is 6.07 Å². The summed E-state index contributed by atoms with van der Waals surface area (Å²) in [6.45, 7) is 1.95. The van der Waals surface area contributed by atoms with E-state index >= 15 is 0 Å². The molecule has 1 unspecified atom stereocenters. The van der Waals surface area contributed by atoms with Crippen molar-refractivity contribution in [1.29, 1.82) is 0 Å². The predicted molar refractivity (Wildman–Crippen MR) is 81.5 cm³/mol. The molecule has 4 fully saturated rings. The molecule has 1 N–H and O–H groups in total. The zero-order chi connectivity index (χ0) is 14.6. The molecule has 1 nitrogen and oxygen atoms in total. The fourth-order valence-electron chi connectivity index (χ4n) is 5.90. The zero-order valence-electron chi connectivity index (χ0n) is 12.8. The van der Waals surface area contributed by atoms with Gasteiger partial charge in [-0.05, 0) is 98.3 Å². The van der Waals surface area contributed by atoms with Gasteiger partial charge in [-0.1, -0.05) is 6.07 Å². The van der Waals surface area contributed by atoms with E-state index in [9.17, 15) is 9.50 Å². The molecule has 4 bridgehead atoms. The maximum atomic E-state index is 13.2. The van der Waals surface area contributed by atoms with Crippen molar-refractivity contribution in [1.82, 2.24) is 0 Å². The number of halogens is 1. The topological polar surface area (TPSA) is 20.2 Å². The van der Waals surface area contributed by atoms with Gasteiger partial charge in [0.05, 0.1) is 6.10 Å². The average molecular weight is 288 g/mol. The van der Waals surface area contributed by atoms with Crippen molar-refractivity contribution in [3.8, 4) is 0 Å². The van der Waals surface area contributed by atoms with Gasteiger partial charge in [-0.2, -0.15) is 0 Å². The summed E-state index contributed by atoms with van der Waals surface area (Å²) in [5.41, 5.74) is 2.24. The van der Waals surface area contributed by atoms with Crippen LogP contribution >= 0.6 is 0 Å². The number of rotatable bonds is 3. The largest absolute Gasteiger partial charge is 0.392 e. The molecule has 21 heavy (non-hydrogen) atoms. The van der Waals surface area contributed by atoms with Crippen LogP contribution in [0.3, 0.4) is 0 Å². The van der Waals surface area contributed by atoms with Crippen LogP contribution in [-0.2, 0) is 6.42 Å². The Hall–Kier alpha value is -0.890. The van der Waals surface area contributed by atoms with Crippen molar-refractivity contribution in [2.45, 2.75) is 58.0 Å². The average Bonchev–Trinajstić information content (AvgIpc) is 2.40. The van der Waals surface area contributed by atoms with Gasteiger partial charge in [0.2, 0.25) is 0 Å². The summed E-state index contributed by atoms with van der Waals surface area (Å²) in [6, 6.07) is 4.96. The van der Waals surface area contributed by atoms with E-state index in [0.29, 0.717) is 6.42 Å².